The van der Waals surface area contributed by atoms with E-state index in [-0.39, 0.29) is 11.7 Å². The van der Waals surface area contributed by atoms with E-state index < -0.39 is 6.10 Å². The summed E-state index contributed by atoms with van der Waals surface area (Å²) in [5.74, 6) is 0. The van der Waals surface area contributed by atoms with Gasteiger partial charge in [0.15, 0.2) is 0 Å². The van der Waals surface area contributed by atoms with Crippen molar-refractivity contribution in [1.29, 1.82) is 0 Å². The van der Waals surface area contributed by atoms with E-state index in [1.165, 1.54) is 0 Å². The van der Waals surface area contributed by atoms with Gasteiger partial charge in [-0.15, -0.1) is 0 Å². The molecule has 0 aliphatic carbocycles. The largest absolute Gasteiger partial charge is 0.388 e. The lowest BCUT2D eigenvalue weighted by atomic mass is 9.94. The smallest absolute Gasteiger partial charge is 0.110 e. The van der Waals surface area contributed by atoms with E-state index in [1.807, 2.05) is 0 Å². The third-order valence-corrected chi connectivity index (χ3v) is 3.10. The summed E-state index contributed by atoms with van der Waals surface area (Å²) >= 11 is 0. The summed E-state index contributed by atoms with van der Waals surface area (Å²) < 4.78 is 11.1. The fraction of sp³-hybridized carbons (Fsp3) is 1.00. The molecular weight excluding hydrogens is 182 g/mol. The van der Waals surface area contributed by atoms with Crippen molar-refractivity contribution in [3.05, 3.63) is 0 Å². The maximum atomic E-state index is 9.57. The highest BCUT2D eigenvalue weighted by atomic mass is 16.6. The van der Waals surface area contributed by atoms with Gasteiger partial charge in [-0.3, -0.25) is 0 Å². The van der Waals surface area contributed by atoms with Gasteiger partial charge >= 0.3 is 0 Å². The summed E-state index contributed by atoms with van der Waals surface area (Å²) in [6.45, 7) is 5.07. The molecule has 0 radical (unpaired) electrons. The normalized spacial score (nSPS) is 37.3. The molecule has 0 aromatic carbocycles. The lowest BCUT2D eigenvalue weighted by Gasteiger charge is -2.36. The molecule has 0 aromatic heterocycles. The molecule has 4 nitrogen and oxygen atoms in total. The summed E-state index contributed by atoms with van der Waals surface area (Å²) in [7, 11) is 0. The summed E-state index contributed by atoms with van der Waals surface area (Å²) in [4.78, 5) is 0. The molecule has 2 atom stereocenters. The van der Waals surface area contributed by atoms with Crippen LogP contribution in [0.15, 0.2) is 0 Å². The van der Waals surface area contributed by atoms with Crippen molar-refractivity contribution in [1.82, 2.24) is 5.32 Å². The Kier molecular flexibility index (Phi) is 3.07. The molecule has 2 unspecified atom stereocenters. The number of ether oxygens (including phenoxy) is 2. The summed E-state index contributed by atoms with van der Waals surface area (Å²) in [5, 5.41) is 12.9. The SMILES string of the molecule is CC1(OC2COCC2O)CCNCC1. The third kappa shape index (κ3) is 2.25. The van der Waals surface area contributed by atoms with Crippen LogP contribution in [-0.2, 0) is 9.47 Å². The Morgan fingerprint density at radius 3 is 2.64 bits per heavy atom. The average molecular weight is 201 g/mol. The van der Waals surface area contributed by atoms with Crippen LogP contribution in [-0.4, -0.2) is 49.2 Å². The highest BCUT2D eigenvalue weighted by molar-refractivity contribution is 4.86. The van der Waals surface area contributed by atoms with Gasteiger partial charge in [0, 0.05) is 0 Å². The Bertz CT molecular complexity index is 192. The van der Waals surface area contributed by atoms with Crippen molar-refractivity contribution in [3.63, 3.8) is 0 Å². The quantitative estimate of drug-likeness (QED) is 0.655. The minimum atomic E-state index is -0.443. The van der Waals surface area contributed by atoms with Gasteiger partial charge in [0.25, 0.3) is 0 Å². The number of aliphatic hydroxyl groups is 1. The summed E-state index contributed by atoms with van der Waals surface area (Å²) in [6.07, 6.45) is 1.45. The molecule has 14 heavy (non-hydrogen) atoms. The lowest BCUT2D eigenvalue weighted by molar-refractivity contribution is -0.123. The molecule has 0 amide bonds. The van der Waals surface area contributed by atoms with Crippen LogP contribution in [0.25, 0.3) is 0 Å². The van der Waals surface area contributed by atoms with Crippen LogP contribution in [0, 0.1) is 0 Å². The first-order valence-corrected chi connectivity index (χ1v) is 5.34. The van der Waals surface area contributed by atoms with E-state index >= 15 is 0 Å². The molecule has 2 aliphatic rings. The van der Waals surface area contributed by atoms with Gasteiger partial charge in [0.1, 0.15) is 12.2 Å². The molecule has 0 bridgehead atoms. The first-order chi connectivity index (χ1) is 6.70. The Hall–Kier alpha value is -0.160. The van der Waals surface area contributed by atoms with Crippen LogP contribution in [0.5, 0.6) is 0 Å². The van der Waals surface area contributed by atoms with Gasteiger partial charge in [-0.2, -0.15) is 0 Å². The fourth-order valence-corrected chi connectivity index (χ4v) is 2.07. The minimum absolute atomic E-state index is 0.0788. The first kappa shape index (κ1) is 10.4. The number of nitrogens with one attached hydrogen (secondary N) is 1. The number of rotatable bonds is 2. The predicted octanol–water partition coefficient (Wildman–Crippen LogP) is -0.0952. The number of piperidine rings is 1. The predicted molar refractivity (Wildman–Crippen MR) is 52.2 cm³/mol. The van der Waals surface area contributed by atoms with Crippen molar-refractivity contribution in [2.45, 2.75) is 37.6 Å². The Morgan fingerprint density at radius 2 is 2.07 bits per heavy atom. The highest BCUT2D eigenvalue weighted by Gasteiger charge is 2.36. The van der Waals surface area contributed by atoms with Gasteiger partial charge < -0.3 is 19.9 Å². The second-order valence-corrected chi connectivity index (χ2v) is 4.46. The monoisotopic (exact) mass is 201 g/mol. The number of aliphatic hydroxyl groups excluding tert-OH is 1. The van der Waals surface area contributed by atoms with Gasteiger partial charge in [-0.25, -0.2) is 0 Å². The topological polar surface area (TPSA) is 50.7 Å². The second kappa shape index (κ2) is 4.14. The van der Waals surface area contributed by atoms with Crippen LogP contribution >= 0.6 is 0 Å². The maximum Gasteiger partial charge on any atom is 0.110 e. The van der Waals surface area contributed by atoms with Crippen molar-refractivity contribution < 1.29 is 14.6 Å². The number of hydrogen-bond acceptors (Lipinski definition) is 4. The first-order valence-electron chi connectivity index (χ1n) is 5.34. The average Bonchev–Trinajstić information content (AvgIpc) is 2.52. The van der Waals surface area contributed by atoms with E-state index in [1.54, 1.807) is 0 Å². The van der Waals surface area contributed by atoms with E-state index in [4.69, 9.17) is 9.47 Å². The molecule has 82 valence electrons. The van der Waals surface area contributed by atoms with E-state index in [2.05, 4.69) is 12.2 Å². The molecule has 4 heteroatoms. The minimum Gasteiger partial charge on any atom is -0.388 e. The molecule has 2 rings (SSSR count). The molecule has 0 spiro atoms. The molecule has 2 fully saturated rings. The zero-order chi connectivity index (χ0) is 10.0. The van der Waals surface area contributed by atoms with E-state index in [9.17, 15) is 5.11 Å². The molecule has 0 aromatic rings. The maximum absolute atomic E-state index is 9.57. The zero-order valence-corrected chi connectivity index (χ0v) is 8.66. The summed E-state index contributed by atoms with van der Waals surface area (Å²) in [5.41, 5.74) is -0.0788. The molecule has 2 heterocycles. The Labute approximate surface area is 84.6 Å². The van der Waals surface area contributed by atoms with Crippen molar-refractivity contribution in [3.8, 4) is 0 Å². The van der Waals surface area contributed by atoms with Crippen molar-refractivity contribution in [2.75, 3.05) is 26.3 Å². The van der Waals surface area contributed by atoms with Gasteiger partial charge in [0.05, 0.1) is 18.8 Å². The van der Waals surface area contributed by atoms with E-state index in [0.717, 1.165) is 25.9 Å². The number of hydrogen-bond donors (Lipinski definition) is 2. The van der Waals surface area contributed by atoms with Crippen molar-refractivity contribution >= 4 is 0 Å². The standard InChI is InChI=1S/C10H19NO3/c1-10(2-4-11-5-3-10)14-9-7-13-6-8(9)12/h8-9,11-12H,2-7H2,1H3. The molecule has 2 aliphatic heterocycles. The third-order valence-electron chi connectivity index (χ3n) is 3.10. The van der Waals surface area contributed by atoms with Crippen LogP contribution in [0.4, 0.5) is 0 Å². The van der Waals surface area contributed by atoms with Gasteiger partial charge in [0.2, 0.25) is 0 Å². The fourth-order valence-electron chi connectivity index (χ4n) is 2.07. The molecule has 0 saturated carbocycles. The van der Waals surface area contributed by atoms with Crippen LogP contribution < -0.4 is 5.32 Å². The molecular formula is C10H19NO3. The van der Waals surface area contributed by atoms with Gasteiger partial charge in [-0.1, -0.05) is 0 Å². The van der Waals surface area contributed by atoms with Crippen molar-refractivity contribution in [2.24, 2.45) is 0 Å². The highest BCUT2D eigenvalue weighted by Crippen LogP contribution is 2.26. The van der Waals surface area contributed by atoms with Crippen LogP contribution in [0.3, 0.4) is 0 Å². The van der Waals surface area contributed by atoms with Gasteiger partial charge in [-0.05, 0) is 32.9 Å². The lowest BCUT2D eigenvalue weighted by Crippen LogP contribution is -2.46. The summed E-state index contributed by atoms with van der Waals surface area (Å²) in [6, 6.07) is 0. The zero-order valence-electron chi connectivity index (χ0n) is 8.66. The molecule has 2 N–H and O–H groups in total. The van der Waals surface area contributed by atoms with Crippen LogP contribution in [0.1, 0.15) is 19.8 Å². The van der Waals surface area contributed by atoms with Crippen LogP contribution in [0.2, 0.25) is 0 Å². The molecule has 2 saturated heterocycles. The Morgan fingerprint density at radius 1 is 1.36 bits per heavy atom. The Balaban J connectivity index is 1.88. The van der Waals surface area contributed by atoms with E-state index in [0.29, 0.717) is 13.2 Å². The second-order valence-electron chi connectivity index (χ2n) is 4.46.